The summed E-state index contributed by atoms with van der Waals surface area (Å²) in [6.07, 6.45) is 1.93. The molecule has 4 nitrogen and oxygen atoms in total. The molecule has 70 valence electrons. The zero-order chi connectivity index (χ0) is 9.42. The number of hydrogen-bond acceptors (Lipinski definition) is 3. The third kappa shape index (κ3) is 1.36. The Hall–Kier alpha value is -1.19. The van der Waals surface area contributed by atoms with Crippen LogP contribution in [0.5, 0.6) is 0 Å². The van der Waals surface area contributed by atoms with Crippen molar-refractivity contribution in [2.75, 3.05) is 0 Å². The van der Waals surface area contributed by atoms with Crippen molar-refractivity contribution in [1.82, 2.24) is 15.0 Å². The van der Waals surface area contributed by atoms with Crippen LogP contribution in [0.4, 0.5) is 0 Å². The minimum absolute atomic E-state index is 0.281. The van der Waals surface area contributed by atoms with Gasteiger partial charge in [0.2, 0.25) is 0 Å². The fourth-order valence-corrected chi connectivity index (χ4v) is 1.69. The first kappa shape index (κ1) is 8.41. The molecule has 0 atom stereocenters. The molecular formula is C9H13N3O. The van der Waals surface area contributed by atoms with Crippen LogP contribution in [0.25, 0.3) is 0 Å². The molecule has 1 aromatic rings. The Morgan fingerprint density at radius 1 is 1.38 bits per heavy atom. The highest BCUT2D eigenvalue weighted by molar-refractivity contribution is 5.82. The molecule has 0 radical (unpaired) electrons. The monoisotopic (exact) mass is 179 g/mol. The van der Waals surface area contributed by atoms with Gasteiger partial charge >= 0.3 is 0 Å². The maximum Gasteiger partial charge on any atom is 0.139 e. The quantitative estimate of drug-likeness (QED) is 0.644. The number of rotatable bonds is 1. The van der Waals surface area contributed by atoms with E-state index in [-0.39, 0.29) is 5.78 Å². The van der Waals surface area contributed by atoms with Gasteiger partial charge in [-0.15, -0.1) is 5.10 Å². The van der Waals surface area contributed by atoms with Gasteiger partial charge in [0.25, 0.3) is 0 Å². The van der Waals surface area contributed by atoms with Gasteiger partial charge < -0.3 is 0 Å². The zero-order valence-electron chi connectivity index (χ0n) is 7.95. The maximum absolute atomic E-state index is 11.1. The summed E-state index contributed by atoms with van der Waals surface area (Å²) in [6.45, 7) is 4.15. The fourth-order valence-electron chi connectivity index (χ4n) is 1.69. The number of carbonyl (C=O) groups is 1. The van der Waals surface area contributed by atoms with Crippen LogP contribution in [0.1, 0.15) is 37.7 Å². The van der Waals surface area contributed by atoms with Gasteiger partial charge in [0.1, 0.15) is 5.78 Å². The second-order valence-corrected chi connectivity index (χ2v) is 3.74. The number of Topliss-reactive ketones (excluding diaryl/α,β-unsaturated/α-hetero) is 1. The smallest absolute Gasteiger partial charge is 0.139 e. The van der Waals surface area contributed by atoms with Crippen LogP contribution in [0.3, 0.4) is 0 Å². The molecule has 4 heteroatoms. The average molecular weight is 179 g/mol. The van der Waals surface area contributed by atoms with Crippen LogP contribution in [-0.4, -0.2) is 20.8 Å². The molecule has 0 fully saturated rings. The lowest BCUT2D eigenvalue weighted by Gasteiger charge is -2.13. The molecule has 1 aliphatic carbocycles. The van der Waals surface area contributed by atoms with Gasteiger partial charge in [0, 0.05) is 12.5 Å². The van der Waals surface area contributed by atoms with Gasteiger partial charge in [-0.1, -0.05) is 5.21 Å². The maximum atomic E-state index is 11.1. The first-order valence-corrected chi connectivity index (χ1v) is 4.63. The lowest BCUT2D eigenvalue weighted by Crippen LogP contribution is -2.16. The molecule has 13 heavy (non-hydrogen) atoms. The number of aromatic nitrogens is 3. The van der Waals surface area contributed by atoms with E-state index in [1.807, 2.05) is 4.68 Å². The molecule has 0 saturated carbocycles. The SMILES string of the molecule is CC(C)n1nnc2c1CCC(=O)C2. The molecule has 0 aliphatic heterocycles. The first-order valence-electron chi connectivity index (χ1n) is 4.63. The van der Waals surface area contributed by atoms with Crippen molar-refractivity contribution in [2.45, 2.75) is 39.2 Å². The molecule has 1 aliphatic rings. The highest BCUT2D eigenvalue weighted by Crippen LogP contribution is 2.19. The van der Waals surface area contributed by atoms with E-state index >= 15 is 0 Å². The molecule has 0 amide bonds. The zero-order valence-corrected chi connectivity index (χ0v) is 7.95. The Morgan fingerprint density at radius 3 is 2.85 bits per heavy atom. The minimum atomic E-state index is 0.281. The molecule has 0 saturated heterocycles. The Balaban J connectivity index is 2.38. The summed E-state index contributed by atoms with van der Waals surface area (Å²) in [6, 6.07) is 0.337. The summed E-state index contributed by atoms with van der Waals surface area (Å²) >= 11 is 0. The fraction of sp³-hybridized carbons (Fsp3) is 0.667. The Labute approximate surface area is 76.9 Å². The molecule has 2 rings (SSSR count). The van der Waals surface area contributed by atoms with Crippen molar-refractivity contribution in [3.05, 3.63) is 11.4 Å². The van der Waals surface area contributed by atoms with E-state index < -0.39 is 0 Å². The normalized spacial score (nSPS) is 16.4. The van der Waals surface area contributed by atoms with Gasteiger partial charge in [-0.05, 0) is 20.3 Å². The van der Waals surface area contributed by atoms with Crippen LogP contribution in [0.15, 0.2) is 0 Å². The molecule has 0 spiro atoms. The van der Waals surface area contributed by atoms with Gasteiger partial charge in [-0.3, -0.25) is 4.79 Å². The topological polar surface area (TPSA) is 47.8 Å². The standard InChI is InChI=1S/C9H13N3O/c1-6(2)12-9-4-3-7(13)5-8(9)10-11-12/h6H,3-5H2,1-2H3. The van der Waals surface area contributed by atoms with Crippen LogP contribution in [-0.2, 0) is 17.6 Å². The number of hydrogen-bond donors (Lipinski definition) is 0. The van der Waals surface area contributed by atoms with Crippen molar-refractivity contribution in [3.63, 3.8) is 0 Å². The highest BCUT2D eigenvalue weighted by atomic mass is 16.1. The second-order valence-electron chi connectivity index (χ2n) is 3.74. The number of carbonyl (C=O) groups excluding carboxylic acids is 1. The Kier molecular flexibility index (Phi) is 1.90. The van der Waals surface area contributed by atoms with E-state index in [9.17, 15) is 4.79 Å². The van der Waals surface area contributed by atoms with E-state index in [0.717, 1.165) is 17.8 Å². The van der Waals surface area contributed by atoms with Crippen LogP contribution < -0.4 is 0 Å². The third-order valence-corrected chi connectivity index (χ3v) is 2.37. The summed E-state index contributed by atoms with van der Waals surface area (Å²) in [5.41, 5.74) is 2.03. The first-order chi connectivity index (χ1) is 6.18. The number of nitrogens with zero attached hydrogens (tertiary/aromatic N) is 3. The van der Waals surface area contributed by atoms with E-state index in [1.54, 1.807) is 0 Å². The Bertz CT molecular complexity index is 341. The Morgan fingerprint density at radius 2 is 2.15 bits per heavy atom. The van der Waals surface area contributed by atoms with Gasteiger partial charge in [0.15, 0.2) is 0 Å². The molecule has 0 N–H and O–H groups in total. The molecule has 0 aromatic carbocycles. The number of ketones is 1. The van der Waals surface area contributed by atoms with Crippen molar-refractivity contribution >= 4 is 5.78 Å². The van der Waals surface area contributed by atoms with E-state index in [1.165, 1.54) is 0 Å². The number of fused-ring (bicyclic) bond motifs is 1. The van der Waals surface area contributed by atoms with Crippen LogP contribution in [0.2, 0.25) is 0 Å². The molecular weight excluding hydrogens is 166 g/mol. The second kappa shape index (κ2) is 2.94. The molecule has 1 aromatic heterocycles. The predicted octanol–water partition coefficient (Wildman–Crippen LogP) is 0.917. The minimum Gasteiger partial charge on any atom is -0.299 e. The summed E-state index contributed by atoms with van der Waals surface area (Å²) in [5, 5.41) is 8.07. The summed E-state index contributed by atoms with van der Waals surface area (Å²) in [7, 11) is 0. The summed E-state index contributed by atoms with van der Waals surface area (Å²) in [5.74, 6) is 0.281. The predicted molar refractivity (Wildman–Crippen MR) is 47.4 cm³/mol. The van der Waals surface area contributed by atoms with E-state index in [0.29, 0.717) is 18.9 Å². The summed E-state index contributed by atoms with van der Waals surface area (Å²) in [4.78, 5) is 11.1. The third-order valence-electron chi connectivity index (χ3n) is 2.37. The lowest BCUT2D eigenvalue weighted by molar-refractivity contribution is -0.118. The molecule has 0 unspecified atom stereocenters. The van der Waals surface area contributed by atoms with Crippen molar-refractivity contribution in [2.24, 2.45) is 0 Å². The van der Waals surface area contributed by atoms with Crippen molar-refractivity contribution < 1.29 is 4.79 Å². The molecule has 0 bridgehead atoms. The average Bonchev–Trinajstić information content (AvgIpc) is 2.46. The highest BCUT2D eigenvalue weighted by Gasteiger charge is 2.22. The largest absolute Gasteiger partial charge is 0.299 e. The van der Waals surface area contributed by atoms with Crippen LogP contribution >= 0.6 is 0 Å². The molecule has 1 heterocycles. The van der Waals surface area contributed by atoms with E-state index in [2.05, 4.69) is 24.2 Å². The summed E-state index contributed by atoms with van der Waals surface area (Å²) < 4.78 is 1.92. The van der Waals surface area contributed by atoms with Crippen molar-refractivity contribution in [1.29, 1.82) is 0 Å². The lowest BCUT2D eigenvalue weighted by atomic mass is 9.99. The van der Waals surface area contributed by atoms with Crippen molar-refractivity contribution in [3.8, 4) is 0 Å². The van der Waals surface area contributed by atoms with E-state index in [4.69, 9.17) is 0 Å². The van der Waals surface area contributed by atoms with Gasteiger partial charge in [0.05, 0.1) is 17.8 Å². The van der Waals surface area contributed by atoms with Gasteiger partial charge in [-0.2, -0.15) is 0 Å². The van der Waals surface area contributed by atoms with Crippen LogP contribution in [0, 0.1) is 0 Å². The van der Waals surface area contributed by atoms with Gasteiger partial charge in [-0.25, -0.2) is 4.68 Å².